The Bertz CT molecular complexity index is 373. The van der Waals surface area contributed by atoms with E-state index < -0.39 is 0 Å². The average Bonchev–Trinajstić information content (AvgIpc) is 2.65. The Morgan fingerprint density at radius 1 is 0.741 bits per heavy atom. The molecular formula is C16H35N5O6. The Kier molecular flexibility index (Phi) is 19.7. The third kappa shape index (κ3) is 20.7. The highest BCUT2D eigenvalue weighted by atomic mass is 16.5. The summed E-state index contributed by atoms with van der Waals surface area (Å²) in [4.78, 5) is 3.90. The van der Waals surface area contributed by atoms with Crippen LogP contribution in [0, 0.1) is 5.41 Å². The van der Waals surface area contributed by atoms with E-state index in [4.69, 9.17) is 40.3 Å². The summed E-state index contributed by atoms with van der Waals surface area (Å²) in [6.45, 7) is 4.81. The molecule has 0 aliphatic carbocycles. The molecule has 0 unspecified atom stereocenters. The van der Waals surface area contributed by atoms with Crippen LogP contribution in [0.2, 0.25) is 0 Å². The van der Waals surface area contributed by atoms with Crippen LogP contribution < -0.4 is 16.4 Å². The van der Waals surface area contributed by atoms with E-state index in [2.05, 4.69) is 15.6 Å². The molecule has 0 aliphatic rings. The van der Waals surface area contributed by atoms with Gasteiger partial charge in [0.15, 0.2) is 5.96 Å². The topological polar surface area (TPSA) is 164 Å². The van der Waals surface area contributed by atoms with Crippen molar-refractivity contribution in [2.24, 2.45) is 10.7 Å². The molecule has 0 radical (unpaired) electrons. The summed E-state index contributed by atoms with van der Waals surface area (Å²) < 4.78 is 20.8. The van der Waals surface area contributed by atoms with Crippen LogP contribution in [-0.2, 0) is 18.9 Å². The SMILES string of the molecule is N=C(/N=C(\N)NCCCOCCOCCO)NCCCOCCOCCO. The Morgan fingerprint density at radius 2 is 1.19 bits per heavy atom. The number of aliphatic hydroxyl groups is 2. The number of hydrogen-bond donors (Lipinski definition) is 6. The maximum absolute atomic E-state index is 8.54. The molecule has 0 aromatic carbocycles. The lowest BCUT2D eigenvalue weighted by Crippen LogP contribution is -2.35. The molecule has 0 saturated heterocycles. The van der Waals surface area contributed by atoms with Crippen molar-refractivity contribution in [1.82, 2.24) is 10.6 Å². The zero-order valence-electron chi connectivity index (χ0n) is 16.0. The van der Waals surface area contributed by atoms with Crippen molar-refractivity contribution in [2.45, 2.75) is 12.8 Å². The molecular weight excluding hydrogens is 358 g/mol. The Balaban J connectivity index is 3.43. The third-order valence-electron chi connectivity index (χ3n) is 2.98. The van der Waals surface area contributed by atoms with Gasteiger partial charge in [0, 0.05) is 26.3 Å². The van der Waals surface area contributed by atoms with E-state index in [0.29, 0.717) is 65.9 Å². The zero-order chi connectivity index (χ0) is 20.0. The summed E-state index contributed by atoms with van der Waals surface area (Å²) in [6.07, 6.45) is 1.47. The molecule has 0 amide bonds. The standard InChI is InChI=1S/C16H35N5O6/c17-15(19-3-1-7-24-11-13-26-9-5-22)21-16(18)20-4-2-8-25-12-14-27-10-6-23/h22-23H,1-14H2,(H5,17,18,19,20,21). The predicted octanol–water partition coefficient (Wildman–Crippen LogP) is -1.75. The molecule has 160 valence electrons. The van der Waals surface area contributed by atoms with Crippen molar-refractivity contribution in [1.29, 1.82) is 5.41 Å². The van der Waals surface area contributed by atoms with Crippen molar-refractivity contribution >= 4 is 11.9 Å². The number of nitrogens with two attached hydrogens (primary N) is 1. The smallest absolute Gasteiger partial charge is 0.218 e. The monoisotopic (exact) mass is 393 g/mol. The molecule has 0 bridgehead atoms. The predicted molar refractivity (Wildman–Crippen MR) is 102 cm³/mol. The number of rotatable bonds is 18. The normalized spacial score (nSPS) is 11.6. The highest BCUT2D eigenvalue weighted by Crippen LogP contribution is 1.85. The summed E-state index contributed by atoms with van der Waals surface area (Å²) in [7, 11) is 0. The van der Waals surface area contributed by atoms with E-state index in [0.717, 1.165) is 12.8 Å². The second-order valence-electron chi connectivity index (χ2n) is 5.30. The number of aliphatic imine (C=N–C) groups is 1. The Morgan fingerprint density at radius 3 is 1.67 bits per heavy atom. The number of guanidine groups is 2. The van der Waals surface area contributed by atoms with Crippen LogP contribution >= 0.6 is 0 Å². The maximum atomic E-state index is 8.54. The molecule has 7 N–H and O–H groups in total. The highest BCUT2D eigenvalue weighted by Gasteiger charge is 1.97. The first-order valence-electron chi connectivity index (χ1n) is 9.13. The van der Waals surface area contributed by atoms with Gasteiger partial charge >= 0.3 is 0 Å². The molecule has 0 aromatic heterocycles. The van der Waals surface area contributed by atoms with Crippen LogP contribution in [0.15, 0.2) is 4.99 Å². The average molecular weight is 393 g/mol. The van der Waals surface area contributed by atoms with Crippen molar-refractivity contribution in [3.05, 3.63) is 0 Å². The second-order valence-corrected chi connectivity index (χ2v) is 5.30. The maximum Gasteiger partial charge on any atom is 0.218 e. The van der Waals surface area contributed by atoms with Gasteiger partial charge in [0.05, 0.1) is 52.9 Å². The van der Waals surface area contributed by atoms with Gasteiger partial charge in [-0.2, -0.15) is 4.99 Å². The summed E-state index contributed by atoms with van der Waals surface area (Å²) in [6, 6.07) is 0. The molecule has 0 spiro atoms. The second kappa shape index (κ2) is 20.8. The summed E-state index contributed by atoms with van der Waals surface area (Å²) in [5.41, 5.74) is 5.70. The van der Waals surface area contributed by atoms with Gasteiger partial charge in [-0.3, -0.25) is 5.41 Å². The van der Waals surface area contributed by atoms with Gasteiger partial charge in [-0.15, -0.1) is 0 Å². The van der Waals surface area contributed by atoms with Crippen molar-refractivity contribution in [2.75, 3.05) is 79.2 Å². The van der Waals surface area contributed by atoms with Gasteiger partial charge in [0.1, 0.15) is 0 Å². The lowest BCUT2D eigenvalue weighted by atomic mass is 10.4. The van der Waals surface area contributed by atoms with E-state index in [1.54, 1.807) is 0 Å². The molecule has 0 aliphatic heterocycles. The van der Waals surface area contributed by atoms with Gasteiger partial charge in [-0.1, -0.05) is 0 Å². The van der Waals surface area contributed by atoms with Gasteiger partial charge < -0.3 is 45.5 Å². The van der Waals surface area contributed by atoms with E-state index in [1.807, 2.05) is 0 Å². The fourth-order valence-electron chi connectivity index (χ4n) is 1.74. The van der Waals surface area contributed by atoms with Gasteiger partial charge in [-0.05, 0) is 12.8 Å². The van der Waals surface area contributed by atoms with E-state index in [1.165, 1.54) is 0 Å². The van der Waals surface area contributed by atoms with Crippen LogP contribution in [0.1, 0.15) is 12.8 Å². The van der Waals surface area contributed by atoms with Gasteiger partial charge in [0.25, 0.3) is 0 Å². The molecule has 0 rings (SSSR count). The third-order valence-corrected chi connectivity index (χ3v) is 2.98. The van der Waals surface area contributed by atoms with Crippen LogP contribution in [0.3, 0.4) is 0 Å². The Labute approximate surface area is 160 Å². The summed E-state index contributed by atoms with van der Waals surface area (Å²) in [5, 5.41) is 30.5. The summed E-state index contributed by atoms with van der Waals surface area (Å²) in [5.74, 6) is 0.166. The fourth-order valence-corrected chi connectivity index (χ4v) is 1.74. The van der Waals surface area contributed by atoms with Crippen LogP contribution in [0.5, 0.6) is 0 Å². The number of ether oxygens (including phenoxy) is 4. The molecule has 27 heavy (non-hydrogen) atoms. The number of aliphatic hydroxyl groups excluding tert-OH is 2. The number of hydrogen-bond acceptors (Lipinski definition) is 7. The minimum absolute atomic E-state index is 0.0106. The van der Waals surface area contributed by atoms with Crippen molar-refractivity contribution < 1.29 is 29.2 Å². The van der Waals surface area contributed by atoms with E-state index in [-0.39, 0.29) is 25.1 Å². The number of nitrogens with one attached hydrogen (secondary N) is 3. The minimum atomic E-state index is -0.0106. The van der Waals surface area contributed by atoms with Gasteiger partial charge in [-0.25, -0.2) is 0 Å². The lowest BCUT2D eigenvalue weighted by molar-refractivity contribution is 0.0327. The minimum Gasteiger partial charge on any atom is -0.394 e. The largest absolute Gasteiger partial charge is 0.394 e. The summed E-state index contributed by atoms with van der Waals surface area (Å²) >= 11 is 0. The first kappa shape index (κ1) is 25.5. The molecule has 0 saturated carbocycles. The van der Waals surface area contributed by atoms with Crippen molar-refractivity contribution in [3.63, 3.8) is 0 Å². The lowest BCUT2D eigenvalue weighted by Gasteiger charge is -2.08. The van der Waals surface area contributed by atoms with E-state index >= 15 is 0 Å². The van der Waals surface area contributed by atoms with Gasteiger partial charge in [0.2, 0.25) is 5.96 Å². The molecule has 11 heteroatoms. The first-order valence-corrected chi connectivity index (χ1v) is 9.13. The molecule has 0 atom stereocenters. The molecule has 11 nitrogen and oxygen atoms in total. The zero-order valence-corrected chi connectivity index (χ0v) is 16.0. The van der Waals surface area contributed by atoms with Crippen LogP contribution in [0.25, 0.3) is 0 Å². The highest BCUT2D eigenvalue weighted by molar-refractivity contribution is 5.92. The van der Waals surface area contributed by atoms with Crippen molar-refractivity contribution in [3.8, 4) is 0 Å². The van der Waals surface area contributed by atoms with Crippen LogP contribution in [0.4, 0.5) is 0 Å². The Hall–Kier alpha value is -1.50. The first-order chi connectivity index (χ1) is 13.2. The molecule has 0 fully saturated rings. The van der Waals surface area contributed by atoms with E-state index in [9.17, 15) is 0 Å². The fraction of sp³-hybridized carbons (Fsp3) is 0.875. The van der Waals surface area contributed by atoms with Crippen LogP contribution in [-0.4, -0.2) is 101 Å². The quantitative estimate of drug-likeness (QED) is 0.0899. The molecule has 0 aromatic rings. The molecule has 0 heterocycles. The number of nitrogens with zero attached hydrogens (tertiary/aromatic N) is 1.